The highest BCUT2D eigenvalue weighted by Crippen LogP contribution is 2.29. The van der Waals surface area contributed by atoms with Crippen LogP contribution in [0.15, 0.2) is 18.2 Å². The lowest BCUT2D eigenvalue weighted by Gasteiger charge is -2.28. The van der Waals surface area contributed by atoms with Gasteiger partial charge in [0.05, 0.1) is 22.9 Å². The highest BCUT2D eigenvalue weighted by atomic mass is 35.5. The SMILES string of the molecule is O=C(Nc1cccc(Cl)c1F)NC1(CO)CCCC1. The lowest BCUT2D eigenvalue weighted by Crippen LogP contribution is -2.50. The summed E-state index contributed by atoms with van der Waals surface area (Å²) in [6.07, 6.45) is 3.39. The Morgan fingerprint density at radius 1 is 1.42 bits per heavy atom. The molecule has 0 heterocycles. The van der Waals surface area contributed by atoms with E-state index in [4.69, 9.17) is 11.6 Å². The average Bonchev–Trinajstić information content (AvgIpc) is 2.84. The number of urea groups is 1. The lowest BCUT2D eigenvalue weighted by atomic mass is 9.99. The van der Waals surface area contributed by atoms with E-state index in [1.165, 1.54) is 12.1 Å². The lowest BCUT2D eigenvalue weighted by molar-refractivity contribution is 0.167. The van der Waals surface area contributed by atoms with Crippen LogP contribution < -0.4 is 10.6 Å². The predicted molar refractivity (Wildman–Crippen MR) is 71.8 cm³/mol. The number of aliphatic hydroxyl groups excluding tert-OH is 1. The van der Waals surface area contributed by atoms with Gasteiger partial charge in [-0.2, -0.15) is 0 Å². The van der Waals surface area contributed by atoms with E-state index in [2.05, 4.69) is 10.6 Å². The summed E-state index contributed by atoms with van der Waals surface area (Å²) in [6.45, 7) is -0.113. The molecule has 0 aromatic heterocycles. The van der Waals surface area contributed by atoms with Gasteiger partial charge in [0.25, 0.3) is 0 Å². The van der Waals surface area contributed by atoms with Crippen molar-refractivity contribution in [3.63, 3.8) is 0 Å². The van der Waals surface area contributed by atoms with Gasteiger partial charge in [-0.3, -0.25) is 0 Å². The van der Waals surface area contributed by atoms with Crippen molar-refractivity contribution in [3.8, 4) is 0 Å². The largest absolute Gasteiger partial charge is 0.394 e. The van der Waals surface area contributed by atoms with Gasteiger partial charge in [-0.05, 0) is 25.0 Å². The van der Waals surface area contributed by atoms with Gasteiger partial charge >= 0.3 is 6.03 Å². The number of benzene rings is 1. The van der Waals surface area contributed by atoms with Gasteiger partial charge in [0.1, 0.15) is 0 Å². The minimum atomic E-state index is -0.663. The number of halogens is 2. The van der Waals surface area contributed by atoms with Crippen molar-refractivity contribution < 1.29 is 14.3 Å². The van der Waals surface area contributed by atoms with E-state index in [-0.39, 0.29) is 17.3 Å². The minimum Gasteiger partial charge on any atom is -0.394 e. The normalized spacial score (nSPS) is 17.2. The van der Waals surface area contributed by atoms with Crippen LogP contribution in [0.1, 0.15) is 25.7 Å². The third-order valence-electron chi connectivity index (χ3n) is 3.44. The summed E-state index contributed by atoms with van der Waals surface area (Å²) in [5, 5.41) is 14.5. The molecule has 1 aromatic carbocycles. The molecule has 1 saturated carbocycles. The fourth-order valence-corrected chi connectivity index (χ4v) is 2.54. The molecule has 0 aliphatic heterocycles. The van der Waals surface area contributed by atoms with Crippen molar-refractivity contribution in [2.75, 3.05) is 11.9 Å². The van der Waals surface area contributed by atoms with Crippen LogP contribution in [0.5, 0.6) is 0 Å². The van der Waals surface area contributed by atoms with E-state index in [0.717, 1.165) is 25.7 Å². The predicted octanol–water partition coefficient (Wildman–Crippen LogP) is 2.91. The van der Waals surface area contributed by atoms with Crippen LogP contribution in [0.2, 0.25) is 5.02 Å². The van der Waals surface area contributed by atoms with Gasteiger partial charge < -0.3 is 15.7 Å². The first-order chi connectivity index (χ1) is 9.06. The Balaban J connectivity index is 2.03. The topological polar surface area (TPSA) is 61.4 Å². The Morgan fingerprint density at radius 3 is 2.74 bits per heavy atom. The van der Waals surface area contributed by atoms with Crippen LogP contribution in [0.25, 0.3) is 0 Å². The van der Waals surface area contributed by atoms with Crippen LogP contribution in [-0.2, 0) is 0 Å². The second kappa shape index (κ2) is 5.75. The number of hydrogen-bond acceptors (Lipinski definition) is 2. The standard InChI is InChI=1S/C13H16ClFN2O2/c14-9-4-3-5-10(11(9)15)16-12(19)17-13(8-18)6-1-2-7-13/h3-5,18H,1-2,6-8H2,(H2,16,17,19). The highest BCUT2D eigenvalue weighted by Gasteiger charge is 2.34. The summed E-state index contributed by atoms with van der Waals surface area (Å²) in [6, 6.07) is 3.86. The molecule has 1 fully saturated rings. The molecule has 0 bridgehead atoms. The summed E-state index contributed by atoms with van der Waals surface area (Å²) in [7, 11) is 0. The van der Waals surface area contributed by atoms with Gasteiger partial charge in [-0.25, -0.2) is 9.18 Å². The third-order valence-corrected chi connectivity index (χ3v) is 3.73. The van der Waals surface area contributed by atoms with E-state index < -0.39 is 17.4 Å². The zero-order valence-corrected chi connectivity index (χ0v) is 11.1. The van der Waals surface area contributed by atoms with Crippen LogP contribution in [0.4, 0.5) is 14.9 Å². The first kappa shape index (κ1) is 14.1. The molecule has 19 heavy (non-hydrogen) atoms. The molecule has 104 valence electrons. The Hall–Kier alpha value is -1.33. The molecule has 3 N–H and O–H groups in total. The van der Waals surface area contributed by atoms with Crippen molar-refractivity contribution in [2.24, 2.45) is 0 Å². The number of hydrogen-bond donors (Lipinski definition) is 3. The monoisotopic (exact) mass is 286 g/mol. The van der Waals surface area contributed by atoms with Crippen molar-refractivity contribution in [2.45, 2.75) is 31.2 Å². The Kier molecular flexibility index (Phi) is 4.27. The first-order valence-electron chi connectivity index (χ1n) is 6.20. The first-order valence-corrected chi connectivity index (χ1v) is 6.58. The summed E-state index contributed by atoms with van der Waals surface area (Å²) in [5.41, 5.74) is -0.560. The molecule has 1 aromatic rings. The van der Waals surface area contributed by atoms with E-state index in [9.17, 15) is 14.3 Å². The number of carbonyl (C=O) groups excluding carboxylic acids is 1. The third kappa shape index (κ3) is 3.16. The second-order valence-corrected chi connectivity index (χ2v) is 5.23. The maximum absolute atomic E-state index is 13.6. The number of rotatable bonds is 3. The number of amides is 2. The summed E-state index contributed by atoms with van der Waals surface area (Å²) < 4.78 is 13.6. The highest BCUT2D eigenvalue weighted by molar-refractivity contribution is 6.31. The average molecular weight is 287 g/mol. The smallest absolute Gasteiger partial charge is 0.319 e. The molecule has 0 spiro atoms. The molecule has 6 heteroatoms. The van der Waals surface area contributed by atoms with Gasteiger partial charge in [0, 0.05) is 0 Å². The van der Waals surface area contributed by atoms with E-state index >= 15 is 0 Å². The molecule has 1 aliphatic carbocycles. The molecule has 0 radical (unpaired) electrons. The molecule has 2 amide bonds. The molecule has 0 saturated heterocycles. The fraction of sp³-hybridized carbons (Fsp3) is 0.462. The fourth-order valence-electron chi connectivity index (χ4n) is 2.37. The van der Waals surface area contributed by atoms with E-state index in [1.807, 2.05) is 0 Å². The summed E-state index contributed by atoms with van der Waals surface area (Å²) in [5.74, 6) is -0.663. The summed E-state index contributed by atoms with van der Waals surface area (Å²) in [4.78, 5) is 11.9. The van der Waals surface area contributed by atoms with Crippen LogP contribution >= 0.6 is 11.6 Å². The quantitative estimate of drug-likeness (QED) is 0.800. The Labute approximate surface area is 116 Å². The molecule has 1 aliphatic rings. The molecule has 2 rings (SSSR count). The number of anilines is 1. The van der Waals surface area contributed by atoms with E-state index in [1.54, 1.807) is 6.07 Å². The van der Waals surface area contributed by atoms with Crippen LogP contribution in [0.3, 0.4) is 0 Å². The van der Waals surface area contributed by atoms with Crippen molar-refractivity contribution in [1.82, 2.24) is 5.32 Å². The zero-order valence-electron chi connectivity index (χ0n) is 10.4. The molecule has 0 atom stereocenters. The molecular formula is C13H16ClFN2O2. The van der Waals surface area contributed by atoms with Gasteiger partial charge in [-0.1, -0.05) is 30.5 Å². The van der Waals surface area contributed by atoms with Crippen LogP contribution in [0, 0.1) is 5.82 Å². The Bertz CT molecular complexity index is 476. The van der Waals surface area contributed by atoms with Gasteiger partial charge in [-0.15, -0.1) is 0 Å². The second-order valence-electron chi connectivity index (χ2n) is 4.83. The number of carbonyl (C=O) groups is 1. The summed E-state index contributed by atoms with van der Waals surface area (Å²) >= 11 is 5.64. The molecular weight excluding hydrogens is 271 g/mol. The van der Waals surface area contributed by atoms with Crippen LogP contribution in [-0.4, -0.2) is 23.3 Å². The number of aliphatic hydroxyl groups is 1. The molecule has 4 nitrogen and oxygen atoms in total. The minimum absolute atomic E-state index is 0.0242. The Morgan fingerprint density at radius 2 is 2.11 bits per heavy atom. The maximum Gasteiger partial charge on any atom is 0.319 e. The van der Waals surface area contributed by atoms with Crippen molar-refractivity contribution >= 4 is 23.3 Å². The number of nitrogens with one attached hydrogen (secondary N) is 2. The molecule has 0 unspecified atom stereocenters. The van der Waals surface area contributed by atoms with E-state index in [0.29, 0.717) is 0 Å². The van der Waals surface area contributed by atoms with Crippen molar-refractivity contribution in [1.29, 1.82) is 0 Å². The van der Waals surface area contributed by atoms with Gasteiger partial charge in [0.2, 0.25) is 0 Å². The maximum atomic E-state index is 13.6. The van der Waals surface area contributed by atoms with Gasteiger partial charge in [0.15, 0.2) is 5.82 Å². The zero-order chi connectivity index (χ0) is 13.9. The van der Waals surface area contributed by atoms with Crippen molar-refractivity contribution in [3.05, 3.63) is 29.0 Å².